The zero-order chi connectivity index (χ0) is 108. The fourth-order valence-corrected chi connectivity index (χ4v) is 19.6. The SMILES string of the molecule is CC[C@H](C)[C@H](NC(=O)[C@@H](NC(=O)[C@H](Cc1c[nH]c2ccccc12)NC(C)=O)[C@@H](C)O)C(=O)N[C@H]1CSSC[C@@H](C(=O)N[C@@H](Cc2c[nH]c3ccccc23)C(=O)N2CC[C@H]2C(=O)N[C@H](CCCCNC(=O)CN2CCN(CC(=O)O)CCN(CC(=O)O)CCN(CC(=O)O)CC2)C(N)=O)NC(=O)[C@H](CC(=O)O)NC(=O)[C@H](Cc2cnc[nH]2)NC(=O)[C@H](Cc2c[nH]c3ccccc23)NC(=O)[C@H](CC(N)=O)NC(=O)[C@H](CC(N)=O)NC1=O. The van der Waals surface area contributed by atoms with Crippen molar-refractivity contribution in [1.29, 1.82) is 0 Å². The number of aromatic amines is 4. The molecule has 0 saturated carbocycles. The number of imidazole rings is 1. The predicted molar refractivity (Wildman–Crippen MR) is 538 cm³/mol. The van der Waals surface area contributed by atoms with Gasteiger partial charge in [0.1, 0.15) is 78.5 Å². The van der Waals surface area contributed by atoms with Crippen molar-refractivity contribution in [2.45, 2.75) is 189 Å². The Morgan fingerprint density at radius 1 is 0.470 bits per heavy atom. The number of H-pyrrole nitrogens is 4. The van der Waals surface area contributed by atoms with Gasteiger partial charge in [-0.2, -0.15) is 0 Å². The number of amides is 17. The number of nitrogens with two attached hydrogens (primary N) is 3. The maximum absolute atomic E-state index is 15.8. The number of likely N-dealkylation sites (tertiary alicyclic amines) is 1. The van der Waals surface area contributed by atoms with Crippen molar-refractivity contribution >= 4 is 179 Å². The fraction of sp³-hybridized carbons (Fsp3) is 0.495. The number of rotatable bonds is 43. The number of primary amides is 3. The van der Waals surface area contributed by atoms with Crippen molar-refractivity contribution < 1.29 is 126 Å². The molecule has 0 radical (unpaired) electrons. The summed E-state index contributed by atoms with van der Waals surface area (Å²) in [6.45, 7) is 5.21. The van der Waals surface area contributed by atoms with Crippen molar-refractivity contribution in [1.82, 2.24) is 119 Å². The summed E-state index contributed by atoms with van der Waals surface area (Å²) in [6, 6.07) is -2.87. The average Bonchev–Trinajstić information content (AvgIpc) is 0.930. The number of benzene rings is 3. The lowest BCUT2D eigenvalue weighted by molar-refractivity contribution is -0.150. The second-order valence-electron chi connectivity index (χ2n) is 36.8. The highest BCUT2D eigenvalue weighted by Gasteiger charge is 2.45. The molecule has 10 rings (SSSR count). The van der Waals surface area contributed by atoms with Crippen LogP contribution in [-0.4, -0.2) is 387 Å². The van der Waals surface area contributed by atoms with E-state index in [9.17, 15) is 92.7 Å². The maximum atomic E-state index is 15.8. The Morgan fingerprint density at radius 3 is 1.39 bits per heavy atom. The molecule has 0 unspecified atom stereocenters. The number of nitrogens with one attached hydrogen (secondary N) is 17. The number of hydrogen-bond acceptors (Lipinski definition) is 29. The lowest BCUT2D eigenvalue weighted by atomic mass is 9.96. The Hall–Kier alpha value is -15.1. The molecular formula is C95H128N26O26S2. The van der Waals surface area contributed by atoms with Crippen LogP contribution in [0.3, 0.4) is 0 Å². The van der Waals surface area contributed by atoms with Gasteiger partial charge in [0.25, 0.3) is 0 Å². The van der Waals surface area contributed by atoms with Crippen LogP contribution in [0.4, 0.5) is 0 Å². The lowest BCUT2D eigenvalue weighted by Crippen LogP contribution is -2.65. The van der Waals surface area contributed by atoms with E-state index in [1.807, 2.05) is 0 Å². The Labute approximate surface area is 860 Å². The van der Waals surface area contributed by atoms with Crippen LogP contribution in [0.25, 0.3) is 32.7 Å². The third kappa shape index (κ3) is 35.3. The van der Waals surface area contributed by atoms with Gasteiger partial charge in [-0.05, 0) is 73.4 Å². The lowest BCUT2D eigenvalue weighted by Gasteiger charge is -2.42. The number of unbranched alkanes of at least 4 members (excludes halogenated alkanes) is 1. The zero-order valence-electron chi connectivity index (χ0n) is 82.3. The molecule has 149 heavy (non-hydrogen) atoms. The molecule has 0 spiro atoms. The highest BCUT2D eigenvalue weighted by molar-refractivity contribution is 8.76. The maximum Gasteiger partial charge on any atom is 0.317 e. The van der Waals surface area contributed by atoms with Gasteiger partial charge in [-0.25, -0.2) is 4.98 Å². The number of aliphatic carboxylic acids is 4. The molecule has 3 aliphatic heterocycles. The van der Waals surface area contributed by atoms with Crippen LogP contribution >= 0.6 is 21.6 Å². The van der Waals surface area contributed by atoms with Crippen LogP contribution in [0.2, 0.25) is 0 Å². The van der Waals surface area contributed by atoms with Gasteiger partial charge in [0.05, 0.1) is 57.9 Å². The van der Waals surface area contributed by atoms with Crippen molar-refractivity contribution in [3.05, 3.63) is 126 Å². The second kappa shape index (κ2) is 56.1. The quantitative estimate of drug-likeness (QED) is 0.0125. The minimum Gasteiger partial charge on any atom is -0.481 e. The number of para-hydroxylation sites is 3. The summed E-state index contributed by atoms with van der Waals surface area (Å²) in [6.07, 6.45) is 0.924. The minimum atomic E-state index is -2.20. The number of hydrogen-bond donors (Lipinski definition) is 25. The topological polar surface area (TPSA) is 786 Å². The molecule has 3 aromatic carbocycles. The number of aliphatic hydroxyl groups is 1. The van der Waals surface area contributed by atoms with Crippen LogP contribution in [-0.2, 0) is 126 Å². The molecule has 28 N–H and O–H groups in total. The van der Waals surface area contributed by atoms with E-state index in [1.54, 1.807) is 112 Å². The van der Waals surface area contributed by atoms with E-state index in [-0.39, 0.29) is 142 Å². The first-order valence-electron chi connectivity index (χ1n) is 48.3. The van der Waals surface area contributed by atoms with Crippen LogP contribution in [0, 0.1) is 5.92 Å². The van der Waals surface area contributed by atoms with Crippen LogP contribution in [0.15, 0.2) is 104 Å². The number of carbonyl (C=O) groups excluding carboxylic acids is 17. The van der Waals surface area contributed by atoms with Gasteiger partial charge in [-0.15, -0.1) is 0 Å². The monoisotopic (exact) mass is 2110 g/mol. The van der Waals surface area contributed by atoms with Crippen LogP contribution in [0.1, 0.15) is 101 Å². The fourth-order valence-electron chi connectivity index (χ4n) is 17.2. The minimum absolute atomic E-state index is 0.0131. The second-order valence-corrected chi connectivity index (χ2v) is 39.3. The zero-order valence-corrected chi connectivity index (χ0v) is 83.9. The number of carboxylic acid groups (broad SMARTS) is 4. The largest absolute Gasteiger partial charge is 0.481 e. The van der Waals surface area contributed by atoms with Gasteiger partial charge < -0.3 is 137 Å². The molecule has 3 saturated heterocycles. The summed E-state index contributed by atoms with van der Waals surface area (Å²) in [5.74, 6) is -26.2. The molecule has 0 aliphatic carbocycles. The molecule has 15 atom stereocenters. The number of nitrogens with zero attached hydrogens (tertiary/aromatic N) is 6. The summed E-state index contributed by atoms with van der Waals surface area (Å²) >= 11 is 0. The molecule has 806 valence electrons. The highest BCUT2D eigenvalue weighted by Crippen LogP contribution is 2.29. The van der Waals surface area contributed by atoms with E-state index in [0.29, 0.717) is 71.0 Å². The molecule has 52 nitrogen and oxygen atoms in total. The predicted octanol–water partition coefficient (Wildman–Crippen LogP) is -6.14. The average molecular weight is 2110 g/mol. The van der Waals surface area contributed by atoms with Crippen molar-refractivity contribution in [2.75, 3.05) is 103 Å². The van der Waals surface area contributed by atoms with Gasteiger partial charge in [-0.3, -0.25) is 120 Å². The highest BCUT2D eigenvalue weighted by atomic mass is 33.1. The van der Waals surface area contributed by atoms with Gasteiger partial charge in [0.15, 0.2) is 0 Å². The molecule has 54 heteroatoms. The standard InChI is InChI=1S/C95H128N26O26S2/c1-5-50(2)81(115-94(146)82(51(3)122)116-89(141)64(105-52(4)123)32-53-39-101-60-17-9-6-14-57(53)60)93(145)114-72-48-149-148-47-71(113-88(140)69(38-77(127)128)111-85(137)66(35-56-42-99-49-104-56)108-84(136)65(33-54-40-102-61-18-10-7-15-58(54)61)107-86(138)67(36-74(96)124)109-87(139)68(37-75(97)125)110-90(72)142)91(143)112-70(34-55-41-103-62-19-11-8-16-59(55)62)95(147)121-23-21-73(121)92(144)106-63(83(98)135)20-12-13-22-100-76(126)43-117-24-26-118(44-78(129)130)28-30-120(46-80(133)134)31-29-119(27-25-117)45-79(131)132/h6-11,14-19,39-42,49-51,63-73,81-82,101-103,122H,5,12-13,20-38,43-48H2,1-4H3,(H2,96,124)(H2,97,125)(H2,98,135)(H,99,104)(H,100,126)(H,105,123)(H,106,144)(H,107,138)(H,108,136)(H,109,139)(H,110,142)(H,111,137)(H,112,143)(H,113,140)(H,114,145)(H,115,146)(H,116,141)(H,127,128)(H,129,130)(H,131,132)(H,133,134)/t50-,51+,63+,64-,65-,66-,67-,68-,69-,70-,71-,72-,73-,81-,82-/m0/s1. The van der Waals surface area contributed by atoms with Gasteiger partial charge in [0, 0.05) is 173 Å². The summed E-state index contributed by atoms with van der Waals surface area (Å²) in [4.78, 5) is 319. The number of carboxylic acids is 4. The van der Waals surface area contributed by atoms with Crippen LogP contribution < -0.4 is 86.3 Å². The Morgan fingerprint density at radius 2 is 0.919 bits per heavy atom. The smallest absolute Gasteiger partial charge is 0.317 e. The molecule has 4 aromatic heterocycles. The Kier molecular flexibility index (Phi) is 43.6. The Balaban J connectivity index is 0.947. The number of aromatic nitrogens is 5. The first-order chi connectivity index (χ1) is 71.0. The Bertz CT molecular complexity index is 5950. The van der Waals surface area contributed by atoms with Crippen molar-refractivity contribution in [3.63, 3.8) is 0 Å². The van der Waals surface area contributed by atoms with E-state index in [4.69, 9.17) is 17.2 Å². The third-order valence-electron chi connectivity index (χ3n) is 25.5. The number of fused-ring (bicyclic) bond motifs is 3. The first-order valence-corrected chi connectivity index (χ1v) is 50.8. The van der Waals surface area contributed by atoms with E-state index in [1.165, 1.54) is 25.6 Å². The summed E-state index contributed by atoms with van der Waals surface area (Å²) < 4.78 is 0. The van der Waals surface area contributed by atoms with Gasteiger partial charge in [0.2, 0.25) is 100 Å². The van der Waals surface area contributed by atoms with Gasteiger partial charge in [-0.1, -0.05) is 96.5 Å². The molecule has 3 fully saturated rings. The third-order valence-corrected chi connectivity index (χ3v) is 27.9. The van der Waals surface area contributed by atoms with Crippen LogP contribution in [0.5, 0.6) is 0 Å². The summed E-state index contributed by atoms with van der Waals surface area (Å²) in [7, 11) is 1.31. The molecule has 7 aromatic rings. The molecular weight excluding hydrogens is 1990 g/mol. The molecule has 7 heterocycles. The summed E-state index contributed by atoms with van der Waals surface area (Å²) in [5, 5.41) is 85.5. The number of carbonyl (C=O) groups is 21. The van der Waals surface area contributed by atoms with E-state index < -0.39 is 258 Å². The molecule has 17 amide bonds. The first kappa shape index (κ1) is 116. The number of aliphatic hydroxyl groups excluding tert-OH is 1. The van der Waals surface area contributed by atoms with Crippen molar-refractivity contribution in [3.8, 4) is 0 Å². The van der Waals surface area contributed by atoms with E-state index >= 15 is 33.6 Å². The normalized spacial score (nSPS) is 20.7. The summed E-state index contributed by atoms with van der Waals surface area (Å²) in [5.41, 5.74) is 20.7. The van der Waals surface area contributed by atoms with E-state index in [2.05, 4.69) is 94.0 Å². The van der Waals surface area contributed by atoms with Gasteiger partial charge >= 0.3 is 23.9 Å². The molecule has 3 aliphatic rings. The van der Waals surface area contributed by atoms with Crippen molar-refractivity contribution in [2.24, 2.45) is 23.1 Å². The molecule has 0 bridgehead atoms. The van der Waals surface area contributed by atoms with E-state index in [0.717, 1.165) is 18.7 Å².